The van der Waals surface area contributed by atoms with E-state index in [1.54, 1.807) is 7.11 Å². The van der Waals surface area contributed by atoms with Gasteiger partial charge >= 0.3 is 0 Å². The Morgan fingerprint density at radius 1 is 1.21 bits per heavy atom. The van der Waals surface area contributed by atoms with E-state index in [9.17, 15) is 5.11 Å². The quantitative estimate of drug-likeness (QED) is 0.511. The Morgan fingerprint density at radius 2 is 1.89 bits per heavy atom. The van der Waals surface area contributed by atoms with Crippen LogP contribution in [0, 0.1) is 5.92 Å². The first-order valence-corrected chi connectivity index (χ1v) is 7.08. The highest BCUT2D eigenvalue weighted by molar-refractivity contribution is 4.73. The van der Waals surface area contributed by atoms with Crippen molar-refractivity contribution in [2.75, 3.05) is 54.1 Å². The molecule has 0 aromatic heterocycles. The molecule has 0 saturated carbocycles. The molecule has 0 aliphatic heterocycles. The van der Waals surface area contributed by atoms with Gasteiger partial charge in [-0.25, -0.2) is 0 Å². The van der Waals surface area contributed by atoms with Crippen LogP contribution in [-0.2, 0) is 9.47 Å². The molecule has 0 saturated heterocycles. The molecule has 0 aromatic rings. The van der Waals surface area contributed by atoms with E-state index < -0.39 is 6.10 Å². The standard InChI is InChI=1S/C14H32N2O3/c1-12(2)8-13(10-16(3)4)15-9-14(17)11-19-7-6-18-5/h12-15,17H,6-11H2,1-5H3. The Labute approximate surface area is 118 Å². The third-order valence-corrected chi connectivity index (χ3v) is 2.73. The molecule has 2 atom stereocenters. The number of aliphatic hydroxyl groups is 1. The first-order valence-electron chi connectivity index (χ1n) is 7.08. The van der Waals surface area contributed by atoms with Crippen LogP contribution in [0.2, 0.25) is 0 Å². The molecule has 0 fully saturated rings. The van der Waals surface area contributed by atoms with Gasteiger partial charge in [-0.1, -0.05) is 13.8 Å². The average molecular weight is 276 g/mol. The van der Waals surface area contributed by atoms with E-state index >= 15 is 0 Å². The van der Waals surface area contributed by atoms with Crippen LogP contribution in [0.3, 0.4) is 0 Å². The second kappa shape index (κ2) is 11.6. The molecule has 0 bridgehead atoms. The van der Waals surface area contributed by atoms with Crippen molar-refractivity contribution in [3.63, 3.8) is 0 Å². The van der Waals surface area contributed by atoms with Crippen LogP contribution < -0.4 is 5.32 Å². The Hall–Kier alpha value is -0.200. The molecule has 0 aliphatic rings. The lowest BCUT2D eigenvalue weighted by Gasteiger charge is -2.25. The van der Waals surface area contributed by atoms with Crippen LogP contribution >= 0.6 is 0 Å². The lowest BCUT2D eigenvalue weighted by Crippen LogP contribution is -2.43. The van der Waals surface area contributed by atoms with Gasteiger partial charge in [0.25, 0.3) is 0 Å². The third-order valence-electron chi connectivity index (χ3n) is 2.73. The smallest absolute Gasteiger partial charge is 0.0897 e. The van der Waals surface area contributed by atoms with Gasteiger partial charge in [0.15, 0.2) is 0 Å². The molecule has 19 heavy (non-hydrogen) atoms. The van der Waals surface area contributed by atoms with Gasteiger partial charge in [-0.15, -0.1) is 0 Å². The van der Waals surface area contributed by atoms with Crippen LogP contribution in [0.25, 0.3) is 0 Å². The number of aliphatic hydroxyl groups excluding tert-OH is 1. The van der Waals surface area contributed by atoms with Gasteiger partial charge in [-0.2, -0.15) is 0 Å². The first-order chi connectivity index (χ1) is 8.95. The van der Waals surface area contributed by atoms with E-state index in [2.05, 4.69) is 38.2 Å². The summed E-state index contributed by atoms with van der Waals surface area (Å²) >= 11 is 0. The molecule has 0 heterocycles. The number of hydrogen-bond donors (Lipinski definition) is 2. The summed E-state index contributed by atoms with van der Waals surface area (Å²) in [6, 6.07) is 0.406. The van der Waals surface area contributed by atoms with Crippen molar-refractivity contribution in [2.24, 2.45) is 5.92 Å². The van der Waals surface area contributed by atoms with Crippen LogP contribution in [0.5, 0.6) is 0 Å². The highest BCUT2D eigenvalue weighted by Gasteiger charge is 2.13. The number of nitrogens with zero attached hydrogens (tertiary/aromatic N) is 1. The van der Waals surface area contributed by atoms with E-state index in [1.807, 2.05) is 0 Å². The topological polar surface area (TPSA) is 54.0 Å². The van der Waals surface area contributed by atoms with Crippen molar-refractivity contribution in [3.05, 3.63) is 0 Å². The Balaban J connectivity index is 3.81. The zero-order valence-corrected chi connectivity index (χ0v) is 13.2. The summed E-state index contributed by atoms with van der Waals surface area (Å²) in [7, 11) is 5.78. The number of ether oxygens (including phenoxy) is 2. The van der Waals surface area contributed by atoms with Crippen LogP contribution in [0.4, 0.5) is 0 Å². The summed E-state index contributed by atoms with van der Waals surface area (Å²) in [6.45, 7) is 7.43. The van der Waals surface area contributed by atoms with Crippen molar-refractivity contribution in [2.45, 2.75) is 32.4 Å². The summed E-state index contributed by atoms with van der Waals surface area (Å²) in [5.74, 6) is 0.646. The normalized spacial score (nSPS) is 15.2. The largest absolute Gasteiger partial charge is 0.389 e. The van der Waals surface area contributed by atoms with Crippen LogP contribution in [-0.4, -0.2) is 76.3 Å². The van der Waals surface area contributed by atoms with Crippen molar-refractivity contribution < 1.29 is 14.6 Å². The molecule has 0 aliphatic carbocycles. The maximum Gasteiger partial charge on any atom is 0.0897 e. The average Bonchev–Trinajstić information content (AvgIpc) is 2.30. The fourth-order valence-electron chi connectivity index (χ4n) is 1.96. The zero-order valence-electron chi connectivity index (χ0n) is 13.2. The van der Waals surface area contributed by atoms with Crippen molar-refractivity contribution in [1.29, 1.82) is 0 Å². The fourth-order valence-corrected chi connectivity index (χ4v) is 1.96. The summed E-state index contributed by atoms with van der Waals surface area (Å²) in [5, 5.41) is 13.2. The highest BCUT2D eigenvalue weighted by Crippen LogP contribution is 2.05. The lowest BCUT2D eigenvalue weighted by molar-refractivity contribution is 0.0124. The minimum absolute atomic E-state index is 0.354. The molecular formula is C14H32N2O3. The lowest BCUT2D eigenvalue weighted by atomic mass is 10.0. The summed E-state index contributed by atoms with van der Waals surface area (Å²) < 4.78 is 10.2. The maximum absolute atomic E-state index is 9.82. The van der Waals surface area contributed by atoms with E-state index in [-0.39, 0.29) is 0 Å². The molecule has 0 amide bonds. The van der Waals surface area contributed by atoms with E-state index in [0.29, 0.717) is 38.3 Å². The second-order valence-corrected chi connectivity index (χ2v) is 5.72. The molecule has 5 nitrogen and oxygen atoms in total. The fraction of sp³-hybridized carbons (Fsp3) is 1.00. The Kier molecular flexibility index (Phi) is 11.5. The summed E-state index contributed by atoms with van der Waals surface area (Å²) in [6.07, 6.45) is 0.642. The molecule has 5 heteroatoms. The van der Waals surface area contributed by atoms with E-state index in [0.717, 1.165) is 13.0 Å². The molecule has 2 N–H and O–H groups in total. The predicted octanol–water partition coefficient (Wildman–Crippen LogP) is 0.576. The Bertz CT molecular complexity index is 191. The van der Waals surface area contributed by atoms with Gasteiger partial charge in [0.1, 0.15) is 0 Å². The van der Waals surface area contributed by atoms with Gasteiger partial charge in [0.2, 0.25) is 0 Å². The molecule has 116 valence electrons. The van der Waals surface area contributed by atoms with Crippen molar-refractivity contribution in [3.8, 4) is 0 Å². The van der Waals surface area contributed by atoms with Crippen molar-refractivity contribution in [1.82, 2.24) is 10.2 Å². The SMILES string of the molecule is COCCOCC(O)CNC(CC(C)C)CN(C)C. The third kappa shape index (κ3) is 12.6. The summed E-state index contributed by atoms with van der Waals surface area (Å²) in [4.78, 5) is 2.17. The van der Waals surface area contributed by atoms with Crippen LogP contribution in [0.1, 0.15) is 20.3 Å². The van der Waals surface area contributed by atoms with Gasteiger partial charge in [-0.3, -0.25) is 0 Å². The molecule has 0 spiro atoms. The maximum atomic E-state index is 9.82. The number of methoxy groups -OCH3 is 1. The molecule has 0 aromatic carbocycles. The number of rotatable bonds is 12. The van der Waals surface area contributed by atoms with Gasteiger partial charge in [0.05, 0.1) is 25.9 Å². The first kappa shape index (κ1) is 18.8. The molecule has 0 radical (unpaired) electrons. The number of nitrogens with one attached hydrogen (secondary N) is 1. The predicted molar refractivity (Wildman–Crippen MR) is 78.5 cm³/mol. The number of likely N-dealkylation sites (N-methyl/N-ethyl adjacent to an activating group) is 1. The van der Waals surface area contributed by atoms with Crippen LogP contribution in [0.15, 0.2) is 0 Å². The minimum Gasteiger partial charge on any atom is -0.389 e. The van der Waals surface area contributed by atoms with E-state index in [1.165, 1.54) is 0 Å². The zero-order chi connectivity index (χ0) is 14.7. The summed E-state index contributed by atoms with van der Waals surface area (Å²) in [5.41, 5.74) is 0. The van der Waals surface area contributed by atoms with Gasteiger partial charge < -0.3 is 24.8 Å². The molecule has 2 unspecified atom stereocenters. The highest BCUT2D eigenvalue weighted by atomic mass is 16.5. The molecular weight excluding hydrogens is 244 g/mol. The van der Waals surface area contributed by atoms with E-state index in [4.69, 9.17) is 9.47 Å². The minimum atomic E-state index is -0.464. The van der Waals surface area contributed by atoms with Crippen molar-refractivity contribution >= 4 is 0 Å². The van der Waals surface area contributed by atoms with Gasteiger partial charge in [-0.05, 0) is 26.4 Å². The monoisotopic (exact) mass is 276 g/mol. The second-order valence-electron chi connectivity index (χ2n) is 5.72. The Morgan fingerprint density at radius 3 is 2.42 bits per heavy atom. The molecule has 0 rings (SSSR count). The van der Waals surface area contributed by atoms with Gasteiger partial charge in [0, 0.05) is 26.2 Å². The number of hydrogen-bond acceptors (Lipinski definition) is 5.